The van der Waals surface area contributed by atoms with Crippen molar-refractivity contribution in [3.05, 3.63) is 92.3 Å². The molecule has 3 rings (SSSR count). The van der Waals surface area contributed by atoms with E-state index in [0.29, 0.717) is 31.9 Å². The number of aryl methyl sites for hydroxylation is 1. The summed E-state index contributed by atoms with van der Waals surface area (Å²) in [4.78, 5) is 12.6. The minimum absolute atomic E-state index is 0.0382. The molecule has 0 saturated carbocycles. The Morgan fingerprint density at radius 1 is 1.19 bits per heavy atom. The van der Waals surface area contributed by atoms with Gasteiger partial charge in [-0.05, 0) is 71.0 Å². The number of methoxy groups -OCH3 is 1. The highest BCUT2D eigenvalue weighted by atomic mass is 127. The van der Waals surface area contributed by atoms with Gasteiger partial charge in [0.15, 0.2) is 11.5 Å². The molecule has 32 heavy (non-hydrogen) atoms. The molecule has 7 heteroatoms. The van der Waals surface area contributed by atoms with E-state index in [1.165, 1.54) is 19.3 Å². The van der Waals surface area contributed by atoms with Crippen LogP contribution in [0.2, 0.25) is 0 Å². The van der Waals surface area contributed by atoms with E-state index in [1.807, 2.05) is 31.2 Å². The quantitative estimate of drug-likeness (QED) is 0.230. The second-order valence-corrected chi connectivity index (χ2v) is 8.02. The van der Waals surface area contributed by atoms with Crippen molar-refractivity contribution in [1.29, 1.82) is 5.26 Å². The smallest absolute Gasteiger partial charge is 0.266 e. The molecule has 0 unspecified atom stereocenters. The number of para-hydroxylation sites is 1. The van der Waals surface area contributed by atoms with E-state index in [2.05, 4.69) is 27.9 Å². The van der Waals surface area contributed by atoms with Crippen molar-refractivity contribution < 1.29 is 18.7 Å². The summed E-state index contributed by atoms with van der Waals surface area (Å²) in [6.07, 6.45) is 1.49. The minimum Gasteiger partial charge on any atom is -0.493 e. The standard InChI is InChI=1S/C25H20FIN2O3/c1-16-7-3-6-10-22(16)29-25(30)19(14-28)11-17-12-21(27)24(23(13-17)31-2)32-15-18-8-4-5-9-20(18)26/h3-13H,15H2,1-2H3,(H,29,30)/b19-11-. The maximum Gasteiger partial charge on any atom is 0.266 e. The highest BCUT2D eigenvalue weighted by Gasteiger charge is 2.15. The molecule has 1 N–H and O–H groups in total. The number of carbonyl (C=O) groups excluding carboxylic acids is 1. The molecular formula is C25H20FIN2O3. The molecule has 0 heterocycles. The summed E-state index contributed by atoms with van der Waals surface area (Å²) < 4.78 is 25.8. The molecule has 1 amide bonds. The molecule has 0 radical (unpaired) electrons. The Balaban J connectivity index is 1.84. The molecule has 0 aliphatic rings. The Hall–Kier alpha value is -3.38. The monoisotopic (exact) mass is 542 g/mol. The van der Waals surface area contributed by atoms with Gasteiger partial charge in [0.05, 0.1) is 10.7 Å². The van der Waals surface area contributed by atoms with Gasteiger partial charge in [-0.2, -0.15) is 5.26 Å². The van der Waals surface area contributed by atoms with Crippen molar-refractivity contribution in [2.24, 2.45) is 0 Å². The van der Waals surface area contributed by atoms with Crippen molar-refractivity contribution in [3.8, 4) is 17.6 Å². The number of nitrogens with one attached hydrogen (secondary N) is 1. The van der Waals surface area contributed by atoms with Gasteiger partial charge in [0.1, 0.15) is 24.1 Å². The first-order valence-electron chi connectivity index (χ1n) is 9.65. The maximum absolute atomic E-state index is 13.9. The number of nitriles is 1. The fourth-order valence-corrected chi connectivity index (χ4v) is 3.73. The lowest BCUT2D eigenvalue weighted by molar-refractivity contribution is -0.112. The lowest BCUT2D eigenvalue weighted by atomic mass is 10.1. The number of ether oxygens (including phenoxy) is 2. The highest BCUT2D eigenvalue weighted by molar-refractivity contribution is 14.1. The molecule has 0 atom stereocenters. The number of hydrogen-bond acceptors (Lipinski definition) is 4. The van der Waals surface area contributed by atoms with Crippen molar-refractivity contribution >= 4 is 40.3 Å². The third kappa shape index (κ3) is 5.65. The van der Waals surface area contributed by atoms with Crippen LogP contribution in [0.25, 0.3) is 6.08 Å². The van der Waals surface area contributed by atoms with Crippen molar-refractivity contribution in [2.45, 2.75) is 13.5 Å². The van der Waals surface area contributed by atoms with Crippen LogP contribution in [0.15, 0.2) is 66.2 Å². The van der Waals surface area contributed by atoms with Crippen molar-refractivity contribution in [2.75, 3.05) is 12.4 Å². The van der Waals surface area contributed by atoms with Crippen LogP contribution in [-0.4, -0.2) is 13.0 Å². The second kappa shape index (κ2) is 10.8. The summed E-state index contributed by atoms with van der Waals surface area (Å²) in [7, 11) is 1.49. The molecule has 0 fully saturated rings. The zero-order chi connectivity index (χ0) is 23.1. The van der Waals surface area contributed by atoms with E-state index in [0.717, 1.165) is 5.56 Å². The molecule has 0 aromatic heterocycles. The van der Waals surface area contributed by atoms with Crippen LogP contribution < -0.4 is 14.8 Å². The topological polar surface area (TPSA) is 71.3 Å². The largest absolute Gasteiger partial charge is 0.493 e. The van der Waals surface area contributed by atoms with Crippen LogP contribution in [0.3, 0.4) is 0 Å². The summed E-state index contributed by atoms with van der Waals surface area (Å²) in [5, 5.41) is 12.3. The summed E-state index contributed by atoms with van der Waals surface area (Å²) in [5.41, 5.74) is 2.51. The molecule has 162 valence electrons. The number of amides is 1. The van der Waals surface area contributed by atoms with Crippen LogP contribution in [0, 0.1) is 27.6 Å². The summed E-state index contributed by atoms with van der Waals surface area (Å²) in [6.45, 7) is 1.91. The normalized spacial score (nSPS) is 10.9. The number of carbonyl (C=O) groups is 1. The Bertz CT molecular complexity index is 1220. The van der Waals surface area contributed by atoms with E-state index in [1.54, 1.807) is 36.4 Å². The van der Waals surface area contributed by atoms with Gasteiger partial charge in [-0.15, -0.1) is 0 Å². The molecule has 0 spiro atoms. The second-order valence-electron chi connectivity index (χ2n) is 6.85. The number of hydrogen-bond donors (Lipinski definition) is 1. The predicted molar refractivity (Wildman–Crippen MR) is 130 cm³/mol. The Labute approximate surface area is 199 Å². The third-order valence-corrected chi connectivity index (χ3v) is 5.45. The average Bonchev–Trinajstić information content (AvgIpc) is 2.78. The van der Waals surface area contributed by atoms with E-state index >= 15 is 0 Å². The first kappa shape index (κ1) is 23.3. The average molecular weight is 542 g/mol. The molecule has 0 saturated heterocycles. The van der Waals surface area contributed by atoms with Gasteiger partial charge < -0.3 is 14.8 Å². The molecule has 0 aliphatic heterocycles. The van der Waals surface area contributed by atoms with E-state index in [9.17, 15) is 14.4 Å². The summed E-state index contributed by atoms with van der Waals surface area (Å²) in [6, 6.07) is 19.1. The van der Waals surface area contributed by atoms with Crippen molar-refractivity contribution in [1.82, 2.24) is 0 Å². The third-order valence-electron chi connectivity index (χ3n) is 4.65. The van der Waals surface area contributed by atoms with E-state index in [4.69, 9.17) is 9.47 Å². The zero-order valence-corrected chi connectivity index (χ0v) is 19.6. The molecular weight excluding hydrogens is 522 g/mol. The van der Waals surface area contributed by atoms with Gasteiger partial charge in [0.25, 0.3) is 5.91 Å². The van der Waals surface area contributed by atoms with E-state index in [-0.39, 0.29) is 18.0 Å². The zero-order valence-electron chi connectivity index (χ0n) is 17.5. The van der Waals surface area contributed by atoms with Gasteiger partial charge in [-0.1, -0.05) is 36.4 Å². The van der Waals surface area contributed by atoms with Crippen LogP contribution in [0.4, 0.5) is 10.1 Å². The minimum atomic E-state index is -0.504. The molecule has 3 aromatic carbocycles. The Kier molecular flexibility index (Phi) is 7.84. The fourth-order valence-electron chi connectivity index (χ4n) is 2.95. The van der Waals surface area contributed by atoms with Gasteiger partial charge in [-0.25, -0.2) is 4.39 Å². The highest BCUT2D eigenvalue weighted by Crippen LogP contribution is 2.35. The van der Waals surface area contributed by atoms with Crippen LogP contribution in [-0.2, 0) is 11.4 Å². The molecule has 3 aromatic rings. The number of anilines is 1. The first-order valence-corrected chi connectivity index (χ1v) is 10.7. The predicted octanol–water partition coefficient (Wildman–Crippen LogP) is 5.87. The lowest BCUT2D eigenvalue weighted by Crippen LogP contribution is -2.14. The fraction of sp³-hybridized carbons (Fsp3) is 0.120. The molecule has 0 bridgehead atoms. The summed E-state index contributed by atoms with van der Waals surface area (Å²) >= 11 is 2.07. The number of halogens is 2. The Morgan fingerprint density at radius 3 is 2.59 bits per heavy atom. The van der Waals surface area contributed by atoms with Crippen LogP contribution in [0.1, 0.15) is 16.7 Å². The number of nitrogens with zero attached hydrogens (tertiary/aromatic N) is 1. The summed E-state index contributed by atoms with van der Waals surface area (Å²) in [5.74, 6) is 0.0162. The molecule has 5 nitrogen and oxygen atoms in total. The van der Waals surface area contributed by atoms with E-state index < -0.39 is 5.91 Å². The van der Waals surface area contributed by atoms with Crippen LogP contribution in [0.5, 0.6) is 11.5 Å². The number of benzene rings is 3. The number of rotatable bonds is 7. The van der Waals surface area contributed by atoms with Crippen LogP contribution >= 0.6 is 22.6 Å². The maximum atomic E-state index is 13.9. The SMILES string of the molecule is COc1cc(/C=C(/C#N)C(=O)Nc2ccccc2C)cc(I)c1OCc1ccccc1F. The van der Waals surface area contributed by atoms with Crippen molar-refractivity contribution in [3.63, 3.8) is 0 Å². The first-order chi connectivity index (χ1) is 15.4. The molecule has 0 aliphatic carbocycles. The van der Waals surface area contributed by atoms with Gasteiger partial charge in [-0.3, -0.25) is 4.79 Å². The lowest BCUT2D eigenvalue weighted by Gasteiger charge is -2.14. The Morgan fingerprint density at radius 2 is 1.91 bits per heavy atom. The van der Waals surface area contributed by atoms with Gasteiger partial charge >= 0.3 is 0 Å². The van der Waals surface area contributed by atoms with Gasteiger partial charge in [0.2, 0.25) is 0 Å². The van der Waals surface area contributed by atoms with Gasteiger partial charge in [0, 0.05) is 11.3 Å².